The van der Waals surface area contributed by atoms with E-state index in [2.05, 4.69) is 20.8 Å². The highest BCUT2D eigenvalue weighted by molar-refractivity contribution is 6.04. The molecule has 0 spiro atoms. The number of halogens is 3. The molecule has 8 nitrogen and oxygen atoms in total. The first-order chi connectivity index (χ1) is 22.3. The van der Waals surface area contributed by atoms with Crippen molar-refractivity contribution < 1.29 is 27.8 Å². The Labute approximate surface area is 262 Å². The molecule has 11 heteroatoms. The Morgan fingerprint density at radius 3 is 2.74 bits per heavy atom. The van der Waals surface area contributed by atoms with Crippen molar-refractivity contribution in [3.63, 3.8) is 0 Å². The molecule has 5 aromatic rings. The molecule has 2 fully saturated rings. The van der Waals surface area contributed by atoms with Crippen LogP contribution in [0.25, 0.3) is 32.9 Å². The second-order valence-electron chi connectivity index (χ2n) is 12.0. The van der Waals surface area contributed by atoms with E-state index in [0.717, 1.165) is 25.1 Å². The summed E-state index contributed by atoms with van der Waals surface area (Å²) in [5.41, 5.74) is -0.0593. The number of hydrogen-bond donors (Lipinski definition) is 1. The lowest BCUT2D eigenvalue weighted by molar-refractivity contribution is 0.107. The fraction of sp³-hybridized carbons (Fsp3) is 0.286. The van der Waals surface area contributed by atoms with Crippen molar-refractivity contribution in [1.82, 2.24) is 19.9 Å². The molecular formula is C35H28F3N5O3. The Morgan fingerprint density at radius 2 is 1.91 bits per heavy atom. The van der Waals surface area contributed by atoms with Gasteiger partial charge in [0.15, 0.2) is 11.6 Å². The Bertz CT molecular complexity index is 2070. The first-order valence-electron chi connectivity index (χ1n) is 15.2. The second kappa shape index (κ2) is 10.8. The van der Waals surface area contributed by atoms with Crippen molar-refractivity contribution in [2.45, 2.75) is 31.0 Å². The minimum atomic E-state index is -0.944. The summed E-state index contributed by atoms with van der Waals surface area (Å²) in [7, 11) is 0. The van der Waals surface area contributed by atoms with Crippen molar-refractivity contribution in [2.24, 2.45) is 0 Å². The fourth-order valence-corrected chi connectivity index (χ4v) is 7.25. The zero-order valence-corrected chi connectivity index (χ0v) is 24.6. The van der Waals surface area contributed by atoms with E-state index in [0.29, 0.717) is 30.7 Å². The van der Waals surface area contributed by atoms with Gasteiger partial charge in [-0.1, -0.05) is 30.2 Å². The molecule has 232 valence electrons. The monoisotopic (exact) mass is 623 g/mol. The van der Waals surface area contributed by atoms with E-state index in [4.69, 9.17) is 20.9 Å². The first kappa shape index (κ1) is 28.4. The summed E-state index contributed by atoms with van der Waals surface area (Å²) in [6, 6.07) is 14.8. The Hall–Kier alpha value is -5.08. The predicted molar refractivity (Wildman–Crippen MR) is 167 cm³/mol. The number of pyridine rings is 1. The number of ether oxygens (including phenoxy) is 2. The number of rotatable bonds is 5. The Kier molecular flexibility index (Phi) is 6.65. The lowest BCUT2D eigenvalue weighted by Gasteiger charge is -2.31. The van der Waals surface area contributed by atoms with Gasteiger partial charge >= 0.3 is 6.01 Å². The van der Waals surface area contributed by atoms with Gasteiger partial charge in [0.25, 0.3) is 0 Å². The van der Waals surface area contributed by atoms with Gasteiger partial charge in [0.1, 0.15) is 47.5 Å². The molecule has 3 aliphatic heterocycles. The highest BCUT2D eigenvalue weighted by Crippen LogP contribution is 2.45. The highest BCUT2D eigenvalue weighted by Gasteiger charge is 2.49. The molecule has 8 rings (SSSR count). The van der Waals surface area contributed by atoms with Crippen molar-refractivity contribution in [3.8, 4) is 41.2 Å². The molecule has 0 saturated carbocycles. The van der Waals surface area contributed by atoms with Crippen molar-refractivity contribution in [2.75, 3.05) is 37.7 Å². The number of fused-ring (bicyclic) bond motifs is 2. The maximum Gasteiger partial charge on any atom is 0.319 e. The topological polar surface area (TPSA) is 83.8 Å². The largest absolute Gasteiger partial charge is 0.508 e. The molecule has 3 aliphatic rings. The Morgan fingerprint density at radius 1 is 1.07 bits per heavy atom. The number of hydrogen-bond acceptors (Lipinski definition) is 8. The average molecular weight is 624 g/mol. The third-order valence-corrected chi connectivity index (χ3v) is 9.27. The molecule has 0 amide bonds. The van der Waals surface area contributed by atoms with E-state index in [1.165, 1.54) is 24.3 Å². The number of aromatic hydroxyl groups is 1. The molecule has 2 saturated heterocycles. The average Bonchev–Trinajstić information content (AvgIpc) is 3.51. The van der Waals surface area contributed by atoms with Gasteiger partial charge in [0.05, 0.1) is 17.6 Å². The first-order valence-corrected chi connectivity index (χ1v) is 15.2. The SMILES string of the molecule is C#Cc1c(F)ccc2cc(O)cc(-c3nc4c5c(nc(OC[C@@]67CCCN6C[C@H](F)C7)nc5c3F)N(c3ccccc3)CCO4)c12. The van der Waals surface area contributed by atoms with E-state index in [-0.39, 0.29) is 64.0 Å². The number of phenols is 1. The van der Waals surface area contributed by atoms with E-state index < -0.39 is 23.3 Å². The van der Waals surface area contributed by atoms with Gasteiger partial charge in [0.2, 0.25) is 5.88 Å². The van der Waals surface area contributed by atoms with Crippen LogP contribution in [0.3, 0.4) is 0 Å². The van der Waals surface area contributed by atoms with Gasteiger partial charge in [-0.3, -0.25) is 4.90 Å². The minimum Gasteiger partial charge on any atom is -0.508 e. The lowest BCUT2D eigenvalue weighted by Crippen LogP contribution is -2.43. The van der Waals surface area contributed by atoms with Gasteiger partial charge in [0, 0.05) is 29.6 Å². The molecule has 46 heavy (non-hydrogen) atoms. The summed E-state index contributed by atoms with van der Waals surface area (Å²) in [5, 5.41) is 11.4. The summed E-state index contributed by atoms with van der Waals surface area (Å²) in [5.74, 6) is 1.06. The predicted octanol–water partition coefficient (Wildman–Crippen LogP) is 6.30. The molecule has 0 bridgehead atoms. The summed E-state index contributed by atoms with van der Waals surface area (Å²) in [6.07, 6.45) is 6.82. The molecule has 5 heterocycles. The molecule has 3 aromatic carbocycles. The van der Waals surface area contributed by atoms with Crippen LogP contribution in [-0.4, -0.2) is 69.5 Å². The van der Waals surface area contributed by atoms with Crippen LogP contribution < -0.4 is 14.4 Å². The molecule has 2 atom stereocenters. The number of aromatic nitrogens is 3. The van der Waals surface area contributed by atoms with Crippen LogP contribution in [0.2, 0.25) is 0 Å². The van der Waals surface area contributed by atoms with Crippen molar-refractivity contribution in [1.29, 1.82) is 0 Å². The maximum atomic E-state index is 17.0. The molecule has 1 N–H and O–H groups in total. The van der Waals surface area contributed by atoms with Crippen LogP contribution in [0.4, 0.5) is 24.7 Å². The third kappa shape index (κ3) is 4.47. The summed E-state index contributed by atoms with van der Waals surface area (Å²) in [4.78, 5) is 17.9. The number of nitrogens with zero attached hydrogens (tertiary/aromatic N) is 5. The van der Waals surface area contributed by atoms with Crippen LogP contribution in [0.15, 0.2) is 54.6 Å². The normalized spacial score (nSPS) is 20.8. The van der Waals surface area contributed by atoms with Crippen LogP contribution in [0.1, 0.15) is 24.8 Å². The van der Waals surface area contributed by atoms with Crippen LogP contribution in [0, 0.1) is 24.0 Å². The number of phenolic OH excluding ortho intramolecular Hbond substituents is 1. The highest BCUT2D eigenvalue weighted by atomic mass is 19.1. The quantitative estimate of drug-likeness (QED) is 0.229. The minimum absolute atomic E-state index is 0.0677. The van der Waals surface area contributed by atoms with E-state index in [9.17, 15) is 13.9 Å². The zero-order chi connectivity index (χ0) is 31.6. The van der Waals surface area contributed by atoms with Crippen LogP contribution in [-0.2, 0) is 0 Å². The maximum absolute atomic E-state index is 17.0. The molecule has 0 unspecified atom stereocenters. The fourth-order valence-electron chi connectivity index (χ4n) is 7.25. The number of para-hydroxylation sites is 1. The summed E-state index contributed by atoms with van der Waals surface area (Å²) < 4.78 is 58.7. The van der Waals surface area contributed by atoms with E-state index in [1.807, 2.05) is 35.2 Å². The van der Waals surface area contributed by atoms with Crippen LogP contribution in [0.5, 0.6) is 17.6 Å². The molecule has 2 aromatic heterocycles. The number of alkyl halides is 1. The summed E-state index contributed by atoms with van der Waals surface area (Å²) >= 11 is 0. The number of terminal acetylenes is 1. The molecular weight excluding hydrogens is 595 g/mol. The second-order valence-corrected chi connectivity index (χ2v) is 12.0. The lowest BCUT2D eigenvalue weighted by atomic mass is 9.95. The van der Waals surface area contributed by atoms with Gasteiger partial charge in [-0.2, -0.15) is 9.97 Å². The smallest absolute Gasteiger partial charge is 0.319 e. The Balaban J connectivity index is 1.35. The third-order valence-electron chi connectivity index (χ3n) is 9.27. The van der Waals surface area contributed by atoms with Gasteiger partial charge in [-0.15, -0.1) is 6.42 Å². The molecule has 0 aliphatic carbocycles. The van der Waals surface area contributed by atoms with Gasteiger partial charge in [-0.05, 0) is 55.1 Å². The van der Waals surface area contributed by atoms with Gasteiger partial charge in [-0.25, -0.2) is 18.2 Å². The number of anilines is 2. The van der Waals surface area contributed by atoms with Gasteiger partial charge < -0.3 is 19.5 Å². The standard InChI is InChI=1S/C35H28F3N5O3/c1-2-24-26(37)10-9-20-15-23(44)16-25(27(20)24)30-29(38)31-28-32(43(13-14-45-33(28)39-30)22-7-4-3-5-8-22)41-34(40-31)46-19-35-11-6-12-42(35)18-21(36)17-35/h1,3-5,7-10,15-16,21,44H,6,11-14,17-19H2/t21-,35+/m1/s1. The van der Waals surface area contributed by atoms with E-state index >= 15 is 4.39 Å². The van der Waals surface area contributed by atoms with Crippen LogP contribution >= 0.6 is 0 Å². The number of benzene rings is 3. The zero-order valence-electron chi connectivity index (χ0n) is 24.6. The van der Waals surface area contributed by atoms with E-state index in [1.54, 1.807) is 0 Å². The summed E-state index contributed by atoms with van der Waals surface area (Å²) in [6.45, 7) is 1.82. The van der Waals surface area contributed by atoms with Crippen molar-refractivity contribution in [3.05, 3.63) is 71.8 Å². The van der Waals surface area contributed by atoms with Crippen molar-refractivity contribution >= 4 is 33.2 Å². The molecule has 0 radical (unpaired) electrons.